The maximum Gasteiger partial charge on any atom is 0.269 e. The highest BCUT2D eigenvalue weighted by atomic mass is 32.1. The van der Waals surface area contributed by atoms with Crippen molar-refractivity contribution in [1.29, 1.82) is 0 Å². The Bertz CT molecular complexity index is 4030. The average molecular weight is 952 g/mol. The van der Waals surface area contributed by atoms with Gasteiger partial charge in [-0.15, -0.1) is 22.7 Å². The van der Waals surface area contributed by atoms with Crippen LogP contribution in [0.5, 0.6) is 11.5 Å². The van der Waals surface area contributed by atoms with Crippen LogP contribution in [0.15, 0.2) is 194 Å². The molecule has 7 heteroatoms. The highest BCUT2D eigenvalue weighted by molar-refractivity contribution is 7.33. The van der Waals surface area contributed by atoms with Crippen LogP contribution in [0.2, 0.25) is 0 Å². The third-order valence-electron chi connectivity index (χ3n) is 14.9. The minimum absolute atomic E-state index is 0.0253. The van der Waals surface area contributed by atoms with Crippen LogP contribution in [0, 0.1) is 0 Å². The number of rotatable bonds is 5. The summed E-state index contributed by atoms with van der Waals surface area (Å²) in [4.78, 5) is 4.98. The molecule has 5 heterocycles. The fourth-order valence-electron chi connectivity index (χ4n) is 11.5. The Morgan fingerprint density at radius 3 is 1.70 bits per heavy atom. The first-order valence-corrected chi connectivity index (χ1v) is 26.3. The molecule has 0 fully saturated rings. The number of ether oxygens (including phenoxy) is 1. The summed E-state index contributed by atoms with van der Waals surface area (Å²) in [5.41, 5.74) is 15.1. The van der Waals surface area contributed by atoms with E-state index in [0.717, 1.165) is 39.9 Å². The molecular weight excluding hydrogens is 902 g/mol. The van der Waals surface area contributed by atoms with Crippen molar-refractivity contribution in [3.8, 4) is 17.2 Å². The first-order valence-electron chi connectivity index (χ1n) is 24.7. The van der Waals surface area contributed by atoms with Gasteiger partial charge in [-0.25, -0.2) is 0 Å². The lowest BCUT2D eigenvalue weighted by atomic mass is 9.36. The smallest absolute Gasteiger partial charge is 0.269 e. The van der Waals surface area contributed by atoms with Crippen LogP contribution in [-0.2, 0) is 10.8 Å². The Labute approximate surface area is 422 Å². The number of fused-ring (bicyclic) bond motifs is 12. The standard InChI is InChI=1S/C64H50BN3OS2/c1-63(2,3)39-29-32-43(33-30-39)67-52-36-44(66(41-19-9-7-10-20-41)42-21-11-8-12-22-42)37-53-58(52)65(62-61(69-53)48-35-40(64(4,5)6)31-34-55(48)71-62)49-38-56-57(47-25-15-18-28-54(47)70-56)60(59(49)67)68-50-26-16-13-23-45(50)46-24-14-17-27-51(46)68/h7-38H,1-6H3. The molecule has 14 rings (SSSR count). The topological polar surface area (TPSA) is 20.6 Å². The van der Waals surface area contributed by atoms with Crippen molar-refractivity contribution in [3.05, 3.63) is 205 Å². The molecule has 3 aromatic heterocycles. The number of thiophene rings is 2. The van der Waals surface area contributed by atoms with E-state index >= 15 is 0 Å². The van der Waals surface area contributed by atoms with E-state index in [4.69, 9.17) is 4.74 Å². The maximum absolute atomic E-state index is 7.58. The van der Waals surface area contributed by atoms with Gasteiger partial charge in [0.2, 0.25) is 0 Å². The molecule has 71 heavy (non-hydrogen) atoms. The summed E-state index contributed by atoms with van der Waals surface area (Å²) in [6.45, 7) is 13.7. The number of nitrogens with zero attached hydrogens (tertiary/aromatic N) is 3. The SMILES string of the molecule is CC(C)(C)c1ccc(N2c3cc(N(c4ccccc4)c4ccccc4)cc4c3B(c3cc5sc6ccccc6c5c(-n5c6ccccc6c6ccccc65)c32)c2sc3ccc(C(C)(C)C)cc3c2O4)cc1. The lowest BCUT2D eigenvalue weighted by Gasteiger charge is -2.41. The fraction of sp³-hybridized carbons (Fsp3) is 0.125. The molecule has 0 N–H and O–H groups in total. The fourth-order valence-corrected chi connectivity index (χ4v) is 13.9. The van der Waals surface area contributed by atoms with Crippen molar-refractivity contribution in [3.63, 3.8) is 0 Å². The predicted molar refractivity (Wildman–Crippen MR) is 307 cm³/mol. The van der Waals surface area contributed by atoms with Gasteiger partial charge in [-0.2, -0.15) is 0 Å². The van der Waals surface area contributed by atoms with Crippen LogP contribution in [-0.4, -0.2) is 11.3 Å². The molecule has 0 saturated carbocycles. The van der Waals surface area contributed by atoms with E-state index in [1.165, 1.54) is 90.3 Å². The first-order chi connectivity index (χ1) is 34.5. The Morgan fingerprint density at radius 1 is 0.479 bits per heavy atom. The second-order valence-electron chi connectivity index (χ2n) is 21.3. The van der Waals surface area contributed by atoms with E-state index < -0.39 is 0 Å². The lowest BCUT2D eigenvalue weighted by molar-refractivity contribution is 0.494. The van der Waals surface area contributed by atoms with E-state index in [-0.39, 0.29) is 17.5 Å². The van der Waals surface area contributed by atoms with E-state index in [1.54, 1.807) is 0 Å². The molecule has 2 aliphatic rings. The summed E-state index contributed by atoms with van der Waals surface area (Å²) in [5, 5.41) is 6.18. The molecule has 0 saturated heterocycles. The van der Waals surface area contributed by atoms with E-state index in [9.17, 15) is 0 Å². The second kappa shape index (κ2) is 15.5. The Hall–Kier alpha value is -7.58. The summed E-state index contributed by atoms with van der Waals surface area (Å²) in [6.07, 6.45) is 0. The van der Waals surface area contributed by atoms with Gasteiger partial charge in [0.05, 0.1) is 28.1 Å². The van der Waals surface area contributed by atoms with Crippen LogP contribution in [0.1, 0.15) is 52.7 Å². The first kappa shape index (κ1) is 42.3. The third kappa shape index (κ3) is 6.42. The van der Waals surface area contributed by atoms with Gasteiger partial charge in [0.25, 0.3) is 6.71 Å². The minimum Gasteiger partial charge on any atom is -0.457 e. The Morgan fingerprint density at radius 2 is 1.06 bits per heavy atom. The maximum atomic E-state index is 7.58. The van der Waals surface area contributed by atoms with Crippen molar-refractivity contribution in [1.82, 2.24) is 4.57 Å². The van der Waals surface area contributed by atoms with Gasteiger partial charge in [0.15, 0.2) is 0 Å². The van der Waals surface area contributed by atoms with Crippen molar-refractivity contribution < 1.29 is 4.74 Å². The van der Waals surface area contributed by atoms with Crippen LogP contribution >= 0.6 is 22.7 Å². The number of benzene rings is 9. The summed E-state index contributed by atoms with van der Waals surface area (Å²) in [5.74, 6) is 1.84. The normalized spacial score (nSPS) is 13.3. The van der Waals surface area contributed by atoms with Gasteiger partial charge in [0.1, 0.15) is 11.5 Å². The number of hydrogen-bond donors (Lipinski definition) is 0. The van der Waals surface area contributed by atoms with Gasteiger partial charge in [0, 0.05) is 74.6 Å². The van der Waals surface area contributed by atoms with Crippen molar-refractivity contribution in [2.24, 2.45) is 0 Å². The summed E-state index contributed by atoms with van der Waals surface area (Å²) in [6, 6.07) is 72.2. The molecule has 0 unspecified atom stereocenters. The lowest BCUT2D eigenvalue weighted by Crippen LogP contribution is -2.59. The molecule has 9 aromatic carbocycles. The van der Waals surface area contributed by atoms with Crippen LogP contribution in [0.3, 0.4) is 0 Å². The van der Waals surface area contributed by atoms with Gasteiger partial charge in [-0.1, -0.05) is 151 Å². The molecule has 12 aromatic rings. The zero-order valence-corrected chi connectivity index (χ0v) is 42.3. The molecular formula is C64H50BN3OS2. The molecule has 0 spiro atoms. The van der Waals surface area contributed by atoms with Crippen LogP contribution in [0.25, 0.3) is 57.8 Å². The number of para-hydroxylation sites is 4. The number of hydrogen-bond acceptors (Lipinski definition) is 5. The second-order valence-corrected chi connectivity index (χ2v) is 23.5. The number of aromatic nitrogens is 1. The van der Waals surface area contributed by atoms with Gasteiger partial charge >= 0.3 is 0 Å². The quantitative estimate of drug-likeness (QED) is 0.160. The third-order valence-corrected chi connectivity index (χ3v) is 17.2. The van der Waals surface area contributed by atoms with Gasteiger partial charge in [-0.3, -0.25) is 0 Å². The molecule has 0 bridgehead atoms. The summed E-state index contributed by atoms with van der Waals surface area (Å²) in [7, 11) is 0. The highest BCUT2D eigenvalue weighted by Gasteiger charge is 2.46. The molecule has 0 radical (unpaired) electrons. The van der Waals surface area contributed by atoms with Gasteiger partial charge in [-0.05, 0) is 112 Å². The highest BCUT2D eigenvalue weighted by Crippen LogP contribution is 2.53. The average Bonchev–Trinajstić information content (AvgIpc) is 4.05. The Balaban J connectivity index is 1.18. The summed E-state index contributed by atoms with van der Waals surface area (Å²) >= 11 is 3.79. The predicted octanol–water partition coefficient (Wildman–Crippen LogP) is 16.8. The minimum atomic E-state index is -0.128. The van der Waals surface area contributed by atoms with E-state index in [1.807, 2.05) is 22.7 Å². The van der Waals surface area contributed by atoms with Gasteiger partial charge < -0.3 is 19.1 Å². The van der Waals surface area contributed by atoms with Crippen LogP contribution < -0.4 is 30.2 Å². The van der Waals surface area contributed by atoms with Crippen molar-refractivity contribution in [2.45, 2.75) is 52.4 Å². The van der Waals surface area contributed by atoms with Crippen molar-refractivity contribution >= 4 is 131 Å². The number of anilines is 6. The molecule has 4 nitrogen and oxygen atoms in total. The monoisotopic (exact) mass is 951 g/mol. The molecule has 0 aliphatic carbocycles. The molecule has 342 valence electrons. The Kier molecular flexibility index (Phi) is 9.21. The zero-order valence-electron chi connectivity index (χ0n) is 40.6. The largest absolute Gasteiger partial charge is 0.457 e. The summed E-state index contributed by atoms with van der Waals surface area (Å²) < 4.78 is 15.2. The molecule has 0 atom stereocenters. The molecule has 2 aliphatic heterocycles. The van der Waals surface area contributed by atoms with Crippen LogP contribution in [0.4, 0.5) is 34.1 Å². The van der Waals surface area contributed by atoms with E-state index in [0.29, 0.717) is 0 Å². The van der Waals surface area contributed by atoms with Crippen molar-refractivity contribution in [2.75, 3.05) is 9.80 Å². The van der Waals surface area contributed by atoms with E-state index in [2.05, 4.69) is 250 Å². The molecule has 0 amide bonds. The zero-order chi connectivity index (χ0) is 47.9.